The fourth-order valence-corrected chi connectivity index (χ4v) is 3.79. The molecule has 1 aromatic heterocycles. The molecule has 2 rings (SSSR count). The van der Waals surface area contributed by atoms with E-state index in [1.165, 1.54) is 36.2 Å². The third-order valence-corrected chi connectivity index (χ3v) is 4.66. The molecule has 1 aromatic rings. The molecule has 0 N–H and O–H groups in total. The van der Waals surface area contributed by atoms with Gasteiger partial charge >= 0.3 is 0 Å². The van der Waals surface area contributed by atoms with E-state index < -0.39 is 8.32 Å². The molecule has 106 valence electrons. The van der Waals surface area contributed by atoms with Crippen LogP contribution in [0.1, 0.15) is 38.2 Å². The number of hydrogen-bond donors (Lipinski definition) is 0. The molecule has 0 radical (unpaired) electrons. The van der Waals surface area contributed by atoms with Crippen LogP contribution in [0.4, 0.5) is 0 Å². The quantitative estimate of drug-likeness (QED) is 0.696. The van der Waals surface area contributed by atoms with Gasteiger partial charge in [0, 0.05) is 6.42 Å². The van der Waals surface area contributed by atoms with Crippen LogP contribution in [-0.4, -0.2) is 8.32 Å². The van der Waals surface area contributed by atoms with Crippen molar-refractivity contribution in [3.05, 3.63) is 35.5 Å². The van der Waals surface area contributed by atoms with Crippen LogP contribution in [0.15, 0.2) is 34.3 Å². The lowest BCUT2D eigenvalue weighted by Crippen LogP contribution is -2.27. The summed E-state index contributed by atoms with van der Waals surface area (Å²) in [7, 11) is -1.46. The van der Waals surface area contributed by atoms with Gasteiger partial charge in [-0.05, 0) is 75.4 Å². The molecule has 0 aliphatic heterocycles. The summed E-state index contributed by atoms with van der Waals surface area (Å²) in [6.07, 6.45) is 9.66. The van der Waals surface area contributed by atoms with Crippen molar-refractivity contribution in [3.63, 3.8) is 0 Å². The van der Waals surface area contributed by atoms with Gasteiger partial charge in [-0.2, -0.15) is 0 Å². The van der Waals surface area contributed by atoms with Crippen molar-refractivity contribution in [3.8, 4) is 0 Å². The topological polar surface area (TPSA) is 22.4 Å². The Morgan fingerprint density at radius 1 is 1.37 bits per heavy atom. The van der Waals surface area contributed by atoms with Crippen LogP contribution in [-0.2, 0) is 10.8 Å². The first-order chi connectivity index (χ1) is 8.96. The summed E-state index contributed by atoms with van der Waals surface area (Å²) in [6.45, 7) is 9.07. The van der Waals surface area contributed by atoms with Gasteiger partial charge in [0.25, 0.3) is 0 Å². The molecule has 3 heteroatoms. The van der Waals surface area contributed by atoms with Gasteiger partial charge in [0.2, 0.25) is 8.32 Å². The molecule has 0 aromatic carbocycles. The Balaban J connectivity index is 1.98. The van der Waals surface area contributed by atoms with Crippen LogP contribution < -0.4 is 0 Å². The van der Waals surface area contributed by atoms with Crippen LogP contribution in [0.25, 0.3) is 0 Å². The molecule has 1 heterocycles. The molecular weight excluding hydrogens is 252 g/mol. The SMILES string of the molecule is CC1=C(O[Si](C)(C)C)CCCC1CCc1ccoc1. The number of rotatable bonds is 5. The van der Waals surface area contributed by atoms with E-state index in [-0.39, 0.29) is 0 Å². The fourth-order valence-electron chi connectivity index (χ4n) is 2.79. The normalized spacial score (nSPS) is 20.7. The average Bonchev–Trinajstić information content (AvgIpc) is 2.81. The molecule has 0 fully saturated rings. The van der Waals surface area contributed by atoms with E-state index >= 15 is 0 Å². The predicted octanol–water partition coefficient (Wildman–Crippen LogP) is 5.14. The molecule has 0 saturated heterocycles. The van der Waals surface area contributed by atoms with Crippen molar-refractivity contribution >= 4 is 8.32 Å². The highest BCUT2D eigenvalue weighted by atomic mass is 28.4. The molecule has 0 saturated carbocycles. The molecule has 2 nitrogen and oxygen atoms in total. The van der Waals surface area contributed by atoms with Gasteiger partial charge < -0.3 is 8.84 Å². The van der Waals surface area contributed by atoms with Crippen molar-refractivity contribution < 1.29 is 8.84 Å². The Morgan fingerprint density at radius 2 is 2.16 bits per heavy atom. The van der Waals surface area contributed by atoms with E-state index in [0.717, 1.165) is 12.8 Å². The van der Waals surface area contributed by atoms with Crippen molar-refractivity contribution in [1.82, 2.24) is 0 Å². The second-order valence-corrected chi connectivity index (χ2v) is 11.0. The Bertz CT molecular complexity index is 426. The third kappa shape index (κ3) is 4.27. The molecule has 19 heavy (non-hydrogen) atoms. The van der Waals surface area contributed by atoms with Crippen LogP contribution in [0.2, 0.25) is 19.6 Å². The monoisotopic (exact) mass is 278 g/mol. The fraction of sp³-hybridized carbons (Fsp3) is 0.625. The van der Waals surface area contributed by atoms with Gasteiger partial charge in [-0.25, -0.2) is 0 Å². The predicted molar refractivity (Wildman–Crippen MR) is 81.5 cm³/mol. The van der Waals surface area contributed by atoms with Crippen LogP contribution in [0.3, 0.4) is 0 Å². The Kier molecular flexibility index (Phi) is 4.56. The first kappa shape index (κ1) is 14.4. The lowest BCUT2D eigenvalue weighted by atomic mass is 9.84. The lowest BCUT2D eigenvalue weighted by Gasteiger charge is -2.31. The zero-order valence-electron chi connectivity index (χ0n) is 12.7. The molecule has 0 bridgehead atoms. The minimum Gasteiger partial charge on any atom is -0.547 e. The summed E-state index contributed by atoms with van der Waals surface area (Å²) in [4.78, 5) is 0. The maximum absolute atomic E-state index is 6.26. The maximum Gasteiger partial charge on any atom is 0.241 e. The number of furan rings is 1. The van der Waals surface area contributed by atoms with Crippen molar-refractivity contribution in [2.45, 2.75) is 58.7 Å². The first-order valence-corrected chi connectivity index (χ1v) is 10.8. The molecule has 1 atom stereocenters. The molecule has 1 aliphatic carbocycles. The molecule has 1 aliphatic rings. The standard InChI is InChI=1S/C16H26O2Si/c1-13-15(9-8-14-10-11-17-12-14)6-5-7-16(13)18-19(2,3)4/h10-12,15H,5-9H2,1-4H3. The highest BCUT2D eigenvalue weighted by molar-refractivity contribution is 6.70. The van der Waals surface area contributed by atoms with Gasteiger partial charge in [-0.15, -0.1) is 0 Å². The second kappa shape index (κ2) is 5.99. The molecule has 0 spiro atoms. The summed E-state index contributed by atoms with van der Waals surface area (Å²) in [5.74, 6) is 1.98. The summed E-state index contributed by atoms with van der Waals surface area (Å²) in [6, 6.07) is 2.07. The minimum absolute atomic E-state index is 0.690. The Labute approximate surface area is 118 Å². The van der Waals surface area contributed by atoms with Gasteiger partial charge in [0.05, 0.1) is 18.3 Å². The first-order valence-electron chi connectivity index (χ1n) is 7.35. The zero-order valence-corrected chi connectivity index (χ0v) is 13.7. The summed E-state index contributed by atoms with van der Waals surface area (Å²) in [5, 5.41) is 0. The maximum atomic E-state index is 6.26. The summed E-state index contributed by atoms with van der Waals surface area (Å²) in [5.41, 5.74) is 2.81. The highest BCUT2D eigenvalue weighted by Gasteiger charge is 2.25. The third-order valence-electron chi connectivity index (χ3n) is 3.80. The smallest absolute Gasteiger partial charge is 0.241 e. The van der Waals surface area contributed by atoms with Gasteiger partial charge in [0.15, 0.2) is 0 Å². The van der Waals surface area contributed by atoms with Crippen molar-refractivity contribution in [2.75, 3.05) is 0 Å². The van der Waals surface area contributed by atoms with Crippen LogP contribution in [0.5, 0.6) is 0 Å². The van der Waals surface area contributed by atoms with Gasteiger partial charge in [-0.1, -0.05) is 0 Å². The van der Waals surface area contributed by atoms with E-state index in [0.29, 0.717) is 5.92 Å². The minimum atomic E-state index is -1.46. The van der Waals surface area contributed by atoms with Crippen LogP contribution in [0, 0.1) is 5.92 Å². The summed E-state index contributed by atoms with van der Waals surface area (Å²) >= 11 is 0. The van der Waals surface area contributed by atoms with Crippen LogP contribution >= 0.6 is 0 Å². The van der Waals surface area contributed by atoms with E-state index in [4.69, 9.17) is 8.84 Å². The largest absolute Gasteiger partial charge is 0.547 e. The number of hydrogen-bond acceptors (Lipinski definition) is 2. The average molecular weight is 278 g/mol. The zero-order chi connectivity index (χ0) is 13.9. The molecule has 0 amide bonds. The van der Waals surface area contributed by atoms with Gasteiger partial charge in [0.1, 0.15) is 0 Å². The van der Waals surface area contributed by atoms with E-state index in [1.54, 1.807) is 6.26 Å². The lowest BCUT2D eigenvalue weighted by molar-refractivity contribution is 0.337. The van der Waals surface area contributed by atoms with E-state index in [9.17, 15) is 0 Å². The van der Waals surface area contributed by atoms with Gasteiger partial charge in [-0.3, -0.25) is 0 Å². The van der Waals surface area contributed by atoms with Crippen molar-refractivity contribution in [2.24, 2.45) is 5.92 Å². The molecule has 1 unspecified atom stereocenters. The van der Waals surface area contributed by atoms with Crippen molar-refractivity contribution in [1.29, 1.82) is 0 Å². The second-order valence-electron chi connectivity index (χ2n) is 6.58. The Hall–Kier alpha value is -0.963. The highest BCUT2D eigenvalue weighted by Crippen LogP contribution is 2.34. The summed E-state index contributed by atoms with van der Waals surface area (Å²) < 4.78 is 11.4. The van der Waals surface area contributed by atoms with E-state index in [2.05, 4.69) is 32.6 Å². The molecular formula is C16H26O2Si. The Morgan fingerprint density at radius 3 is 2.79 bits per heavy atom. The van der Waals surface area contributed by atoms with E-state index in [1.807, 2.05) is 6.26 Å². The number of aryl methyl sites for hydroxylation is 1. The number of allylic oxidation sites excluding steroid dienone is 2.